The van der Waals surface area contributed by atoms with Crippen LogP contribution in [-0.4, -0.2) is 19.6 Å². The van der Waals surface area contributed by atoms with Crippen molar-refractivity contribution in [2.24, 2.45) is 29.4 Å². The molecule has 0 saturated heterocycles. The van der Waals surface area contributed by atoms with Gasteiger partial charge in [-0.05, 0) is 62.3 Å². The van der Waals surface area contributed by atoms with Crippen LogP contribution in [0.4, 0.5) is 0 Å². The van der Waals surface area contributed by atoms with Crippen LogP contribution < -0.4 is 5.73 Å². The number of hydrogen-bond donors (Lipinski definition) is 1. The summed E-state index contributed by atoms with van der Waals surface area (Å²) in [6, 6.07) is 0. The van der Waals surface area contributed by atoms with Crippen LogP contribution in [0.25, 0.3) is 0 Å². The molecule has 0 aromatic carbocycles. The first kappa shape index (κ1) is 15.3. The van der Waals surface area contributed by atoms with Crippen molar-refractivity contribution in [1.29, 1.82) is 0 Å². The first-order valence-electron chi connectivity index (χ1n) is 7.86. The summed E-state index contributed by atoms with van der Waals surface area (Å²) < 4.78 is 4.63. The lowest BCUT2D eigenvalue weighted by atomic mass is 9.79. The van der Waals surface area contributed by atoms with E-state index in [1.807, 2.05) is 0 Å². The Hall–Kier alpha value is -1.09. The van der Waals surface area contributed by atoms with E-state index >= 15 is 0 Å². The number of rotatable bonds is 8. The van der Waals surface area contributed by atoms with E-state index in [0.29, 0.717) is 6.42 Å². The lowest BCUT2D eigenvalue weighted by Gasteiger charge is -2.26. The molecule has 2 aliphatic carbocycles. The van der Waals surface area contributed by atoms with Gasteiger partial charge in [-0.15, -0.1) is 0 Å². The Morgan fingerprint density at radius 3 is 2.75 bits per heavy atom. The smallest absolute Gasteiger partial charge is 0.305 e. The van der Waals surface area contributed by atoms with Crippen molar-refractivity contribution < 1.29 is 9.53 Å². The van der Waals surface area contributed by atoms with E-state index in [4.69, 9.17) is 5.73 Å². The van der Waals surface area contributed by atoms with Crippen LogP contribution in [0.15, 0.2) is 24.3 Å². The molecule has 0 amide bonds. The minimum Gasteiger partial charge on any atom is -0.469 e. The average Bonchev–Trinajstić information content (AvgIpc) is 3.05. The number of carbonyl (C=O) groups excluding carboxylic acids is 1. The molecular formula is C17H27NO2. The Morgan fingerprint density at radius 2 is 2.05 bits per heavy atom. The summed E-state index contributed by atoms with van der Waals surface area (Å²) in [6.07, 6.45) is 15.4. The third-order valence-electron chi connectivity index (χ3n) is 4.85. The Morgan fingerprint density at radius 1 is 1.30 bits per heavy atom. The average molecular weight is 277 g/mol. The van der Waals surface area contributed by atoms with Gasteiger partial charge in [-0.1, -0.05) is 24.3 Å². The predicted octanol–water partition coefficient (Wildman–Crippen LogP) is 3.06. The summed E-state index contributed by atoms with van der Waals surface area (Å²) in [4.78, 5) is 11.0. The number of unbranched alkanes of at least 4 members (excludes halogenated alkanes) is 1. The maximum atomic E-state index is 11.0. The van der Waals surface area contributed by atoms with Gasteiger partial charge in [-0.2, -0.15) is 0 Å². The summed E-state index contributed by atoms with van der Waals surface area (Å²) in [5.74, 6) is 3.01. The van der Waals surface area contributed by atoms with Crippen LogP contribution in [0.5, 0.6) is 0 Å². The van der Waals surface area contributed by atoms with Gasteiger partial charge in [0.05, 0.1) is 7.11 Å². The zero-order valence-corrected chi connectivity index (χ0v) is 12.5. The van der Waals surface area contributed by atoms with Gasteiger partial charge in [0.15, 0.2) is 0 Å². The highest BCUT2D eigenvalue weighted by molar-refractivity contribution is 5.69. The number of allylic oxidation sites excluding steroid dienone is 4. The number of methoxy groups -OCH3 is 1. The number of fused-ring (bicyclic) bond motifs is 2. The van der Waals surface area contributed by atoms with Crippen LogP contribution in [-0.2, 0) is 9.53 Å². The van der Waals surface area contributed by atoms with Crippen LogP contribution in [0.1, 0.15) is 38.5 Å². The molecule has 0 aromatic rings. The fourth-order valence-electron chi connectivity index (χ4n) is 3.83. The molecule has 2 aliphatic rings. The summed E-state index contributed by atoms with van der Waals surface area (Å²) in [6.45, 7) is 0.807. The largest absolute Gasteiger partial charge is 0.469 e. The van der Waals surface area contributed by atoms with Gasteiger partial charge in [0, 0.05) is 6.42 Å². The minimum atomic E-state index is -0.111. The zero-order valence-electron chi connectivity index (χ0n) is 12.5. The first-order chi connectivity index (χ1) is 9.76. The Bertz CT molecular complexity index is 375. The van der Waals surface area contributed by atoms with Crippen molar-refractivity contribution in [3.63, 3.8) is 0 Å². The SMILES string of the molecule is COC(=O)CCC/C=C\CC1C2C=CC(C2)C1CCN. The van der Waals surface area contributed by atoms with Gasteiger partial charge >= 0.3 is 5.97 Å². The van der Waals surface area contributed by atoms with E-state index in [1.54, 1.807) is 0 Å². The second-order valence-electron chi connectivity index (χ2n) is 6.03. The maximum Gasteiger partial charge on any atom is 0.305 e. The monoisotopic (exact) mass is 277 g/mol. The lowest BCUT2D eigenvalue weighted by molar-refractivity contribution is -0.140. The third-order valence-corrected chi connectivity index (χ3v) is 4.85. The maximum absolute atomic E-state index is 11.0. The topological polar surface area (TPSA) is 52.3 Å². The summed E-state index contributed by atoms with van der Waals surface area (Å²) in [5, 5.41) is 0. The van der Waals surface area contributed by atoms with Crippen LogP contribution in [0.3, 0.4) is 0 Å². The molecule has 1 saturated carbocycles. The lowest BCUT2D eigenvalue weighted by Crippen LogP contribution is -2.22. The molecule has 0 radical (unpaired) electrons. The molecule has 2 bridgehead atoms. The molecule has 112 valence electrons. The first-order valence-corrected chi connectivity index (χ1v) is 7.86. The van der Waals surface area contributed by atoms with Crippen LogP contribution >= 0.6 is 0 Å². The molecule has 2 N–H and O–H groups in total. The molecule has 1 fully saturated rings. The second kappa shape index (κ2) is 7.63. The second-order valence-corrected chi connectivity index (χ2v) is 6.03. The number of nitrogens with two attached hydrogens (primary N) is 1. The summed E-state index contributed by atoms with van der Waals surface area (Å²) >= 11 is 0. The van der Waals surface area contributed by atoms with E-state index in [-0.39, 0.29) is 5.97 Å². The molecule has 20 heavy (non-hydrogen) atoms. The Kier molecular flexibility index (Phi) is 5.84. The molecule has 0 aliphatic heterocycles. The van der Waals surface area contributed by atoms with Crippen molar-refractivity contribution >= 4 is 5.97 Å². The number of carbonyl (C=O) groups is 1. The van der Waals surface area contributed by atoms with Crippen molar-refractivity contribution in [2.75, 3.05) is 13.7 Å². The van der Waals surface area contributed by atoms with Crippen LogP contribution in [0.2, 0.25) is 0 Å². The highest BCUT2D eigenvalue weighted by atomic mass is 16.5. The molecule has 4 unspecified atom stereocenters. The predicted molar refractivity (Wildman–Crippen MR) is 81.0 cm³/mol. The van der Waals surface area contributed by atoms with Gasteiger partial charge in [-0.3, -0.25) is 4.79 Å². The quantitative estimate of drug-likeness (QED) is 0.421. The Labute approximate surface area is 122 Å². The summed E-state index contributed by atoms with van der Waals surface area (Å²) in [5.41, 5.74) is 5.75. The van der Waals surface area contributed by atoms with Crippen molar-refractivity contribution in [3.8, 4) is 0 Å². The van der Waals surface area contributed by atoms with E-state index in [2.05, 4.69) is 29.0 Å². The standard InChI is InChI=1S/C17H27NO2/c1-20-17(19)7-5-3-2-4-6-15-13-8-9-14(12-13)16(15)10-11-18/h2,4,8-9,13-16H,3,5-7,10-12,18H2,1H3/b4-2-. The molecule has 0 heterocycles. The number of hydrogen-bond acceptors (Lipinski definition) is 3. The van der Waals surface area contributed by atoms with Gasteiger partial charge in [0.1, 0.15) is 0 Å². The van der Waals surface area contributed by atoms with Crippen molar-refractivity contribution in [2.45, 2.75) is 38.5 Å². The van der Waals surface area contributed by atoms with E-state index in [1.165, 1.54) is 13.5 Å². The van der Waals surface area contributed by atoms with Gasteiger partial charge in [-0.25, -0.2) is 0 Å². The van der Waals surface area contributed by atoms with Gasteiger partial charge in [0.2, 0.25) is 0 Å². The molecule has 3 heteroatoms. The van der Waals surface area contributed by atoms with Gasteiger partial charge < -0.3 is 10.5 Å². The minimum absolute atomic E-state index is 0.111. The van der Waals surface area contributed by atoms with Crippen LogP contribution in [0, 0.1) is 23.7 Å². The van der Waals surface area contributed by atoms with Crippen molar-refractivity contribution in [3.05, 3.63) is 24.3 Å². The molecular weight excluding hydrogens is 250 g/mol. The number of ether oxygens (including phenoxy) is 1. The normalized spacial score (nSPS) is 31.3. The fraction of sp³-hybridized carbons (Fsp3) is 0.706. The third kappa shape index (κ3) is 3.72. The van der Waals surface area contributed by atoms with E-state index < -0.39 is 0 Å². The van der Waals surface area contributed by atoms with Crippen molar-refractivity contribution in [1.82, 2.24) is 0 Å². The Balaban J connectivity index is 1.70. The molecule has 0 aromatic heterocycles. The molecule has 3 nitrogen and oxygen atoms in total. The van der Waals surface area contributed by atoms with Gasteiger partial charge in [0.25, 0.3) is 0 Å². The fourth-order valence-corrected chi connectivity index (χ4v) is 3.83. The van der Waals surface area contributed by atoms with E-state index in [9.17, 15) is 4.79 Å². The number of esters is 1. The highest BCUT2D eigenvalue weighted by Gasteiger charge is 2.42. The molecule has 2 rings (SSSR count). The zero-order chi connectivity index (χ0) is 14.4. The molecule has 4 atom stereocenters. The molecule has 0 spiro atoms. The highest BCUT2D eigenvalue weighted by Crippen LogP contribution is 2.50. The van der Waals surface area contributed by atoms with E-state index in [0.717, 1.165) is 55.9 Å². The summed E-state index contributed by atoms with van der Waals surface area (Å²) in [7, 11) is 1.44.